The molecule has 0 aromatic carbocycles. The lowest BCUT2D eigenvalue weighted by molar-refractivity contribution is 0.659. The van der Waals surface area contributed by atoms with Crippen LogP contribution in [0.1, 0.15) is 12.5 Å². The summed E-state index contributed by atoms with van der Waals surface area (Å²) in [7, 11) is 0. The zero-order valence-corrected chi connectivity index (χ0v) is 9.29. The summed E-state index contributed by atoms with van der Waals surface area (Å²) in [6.45, 7) is 2.86. The van der Waals surface area contributed by atoms with Crippen LogP contribution in [-0.2, 0) is 12.3 Å². The number of rotatable bonds is 3. The van der Waals surface area contributed by atoms with Crippen LogP contribution < -0.4 is 11.5 Å². The summed E-state index contributed by atoms with van der Waals surface area (Å²) >= 11 is 1.26. The van der Waals surface area contributed by atoms with E-state index in [1.165, 1.54) is 11.8 Å². The van der Waals surface area contributed by atoms with Crippen LogP contribution in [0, 0.1) is 5.41 Å². The van der Waals surface area contributed by atoms with Gasteiger partial charge in [0.1, 0.15) is 0 Å². The monoisotopic (exact) mass is 226 g/mol. The number of aromatic nitrogens is 2. The normalized spacial score (nSPS) is 9.93. The number of nitrogens with zero attached hydrogens (tertiary/aromatic N) is 3. The van der Waals surface area contributed by atoms with Gasteiger partial charge in [-0.25, -0.2) is 0 Å². The van der Waals surface area contributed by atoms with Crippen LogP contribution in [0.25, 0.3) is 0 Å². The molecule has 0 aliphatic heterocycles. The molecule has 0 saturated heterocycles. The second kappa shape index (κ2) is 5.40. The number of guanidine groups is 1. The minimum Gasteiger partial charge on any atom is -0.370 e. The van der Waals surface area contributed by atoms with E-state index in [-0.39, 0.29) is 11.1 Å². The Bertz CT molecular complexity index is 365. The quantitative estimate of drug-likeness (QED) is 0.510. The molecule has 0 unspecified atom stereocenters. The molecule has 0 fully saturated rings. The molecule has 0 radical (unpaired) electrons. The lowest BCUT2D eigenvalue weighted by Crippen LogP contribution is -2.23. The molecular formula is C8H14N6S. The van der Waals surface area contributed by atoms with Crippen molar-refractivity contribution in [2.75, 3.05) is 0 Å². The fourth-order valence-electron chi connectivity index (χ4n) is 0.955. The summed E-state index contributed by atoms with van der Waals surface area (Å²) in [6, 6.07) is 0. The topological polar surface area (TPSA) is 106 Å². The van der Waals surface area contributed by atoms with Crippen molar-refractivity contribution in [1.29, 1.82) is 5.41 Å². The molecule has 1 heterocycles. The first-order valence-corrected chi connectivity index (χ1v) is 5.42. The molecule has 0 aliphatic rings. The van der Waals surface area contributed by atoms with Crippen LogP contribution in [0.2, 0.25) is 0 Å². The van der Waals surface area contributed by atoms with Crippen molar-refractivity contribution in [2.45, 2.75) is 19.2 Å². The molecule has 15 heavy (non-hydrogen) atoms. The largest absolute Gasteiger partial charge is 0.370 e. The molecule has 0 amide bonds. The number of nitrogens with two attached hydrogens (primary N) is 2. The van der Waals surface area contributed by atoms with Crippen LogP contribution in [0.3, 0.4) is 0 Å². The molecular weight excluding hydrogens is 212 g/mol. The third-order valence-corrected chi connectivity index (χ3v) is 2.46. The van der Waals surface area contributed by atoms with E-state index in [0.717, 1.165) is 12.1 Å². The first kappa shape index (κ1) is 11.6. The van der Waals surface area contributed by atoms with Gasteiger partial charge >= 0.3 is 0 Å². The number of nitrogens with one attached hydrogen (secondary N) is 1. The Morgan fingerprint density at radius 1 is 1.67 bits per heavy atom. The van der Waals surface area contributed by atoms with Gasteiger partial charge in [0.25, 0.3) is 0 Å². The second-order valence-electron chi connectivity index (χ2n) is 2.83. The Balaban J connectivity index is 2.43. The van der Waals surface area contributed by atoms with Crippen molar-refractivity contribution >= 4 is 22.9 Å². The van der Waals surface area contributed by atoms with E-state index in [1.54, 1.807) is 6.20 Å². The van der Waals surface area contributed by atoms with Gasteiger partial charge in [0.2, 0.25) is 0 Å². The van der Waals surface area contributed by atoms with Gasteiger partial charge in [0.05, 0.1) is 6.20 Å². The summed E-state index contributed by atoms with van der Waals surface area (Å²) in [6.07, 6.45) is 3.72. The molecule has 82 valence electrons. The Labute approximate surface area is 92.2 Å². The lowest BCUT2D eigenvalue weighted by Gasteiger charge is -1.96. The molecule has 6 nitrogen and oxygen atoms in total. The van der Waals surface area contributed by atoms with E-state index in [2.05, 4.69) is 10.1 Å². The Hall–Kier alpha value is -1.50. The van der Waals surface area contributed by atoms with Crippen LogP contribution in [0.15, 0.2) is 17.4 Å². The van der Waals surface area contributed by atoms with E-state index >= 15 is 0 Å². The van der Waals surface area contributed by atoms with Crippen molar-refractivity contribution in [1.82, 2.24) is 9.78 Å². The fraction of sp³-hybridized carbons (Fsp3) is 0.375. The third-order valence-electron chi connectivity index (χ3n) is 1.62. The highest BCUT2D eigenvalue weighted by molar-refractivity contribution is 8.13. The van der Waals surface area contributed by atoms with Gasteiger partial charge in [-0.2, -0.15) is 10.1 Å². The van der Waals surface area contributed by atoms with Gasteiger partial charge in [-0.3, -0.25) is 10.1 Å². The first-order valence-electron chi connectivity index (χ1n) is 4.44. The highest BCUT2D eigenvalue weighted by Gasteiger charge is 2.00. The van der Waals surface area contributed by atoms with Gasteiger partial charge < -0.3 is 11.5 Å². The number of aryl methyl sites for hydroxylation is 1. The molecule has 7 heteroatoms. The molecule has 1 aromatic rings. The van der Waals surface area contributed by atoms with Gasteiger partial charge in [0, 0.05) is 24.1 Å². The second-order valence-corrected chi connectivity index (χ2v) is 3.80. The predicted octanol–water partition coefficient (Wildman–Crippen LogP) is 0.344. The number of amidine groups is 1. The zero-order chi connectivity index (χ0) is 11.3. The van der Waals surface area contributed by atoms with Crippen molar-refractivity contribution < 1.29 is 0 Å². The Kier molecular flexibility index (Phi) is 4.17. The van der Waals surface area contributed by atoms with Crippen LogP contribution in [0.4, 0.5) is 0 Å². The van der Waals surface area contributed by atoms with Crippen molar-refractivity contribution in [3.8, 4) is 0 Å². The molecule has 0 aliphatic carbocycles. The maximum atomic E-state index is 7.41. The third kappa shape index (κ3) is 4.03. The molecule has 0 atom stereocenters. The number of thioether (sulfide) groups is 1. The van der Waals surface area contributed by atoms with Gasteiger partial charge in [-0.15, -0.1) is 0 Å². The highest BCUT2D eigenvalue weighted by atomic mass is 32.2. The lowest BCUT2D eigenvalue weighted by atomic mass is 10.4. The molecule has 0 saturated carbocycles. The number of aliphatic imine (C=N–C) groups is 1. The maximum Gasteiger partial charge on any atom is 0.193 e. The molecule has 1 aromatic heterocycles. The maximum absolute atomic E-state index is 7.41. The summed E-state index contributed by atoms with van der Waals surface area (Å²) in [4.78, 5) is 3.61. The van der Waals surface area contributed by atoms with Crippen LogP contribution >= 0.6 is 11.8 Å². The first-order chi connectivity index (χ1) is 7.11. The molecule has 0 spiro atoms. The van der Waals surface area contributed by atoms with E-state index in [1.807, 2.05) is 17.8 Å². The van der Waals surface area contributed by atoms with Crippen molar-refractivity contribution in [3.05, 3.63) is 18.0 Å². The highest BCUT2D eigenvalue weighted by Crippen LogP contribution is 2.12. The zero-order valence-electron chi connectivity index (χ0n) is 8.47. The Morgan fingerprint density at radius 3 is 2.93 bits per heavy atom. The van der Waals surface area contributed by atoms with E-state index in [4.69, 9.17) is 16.9 Å². The number of hydrogen-bond donors (Lipinski definition) is 3. The Morgan fingerprint density at radius 2 is 2.40 bits per heavy atom. The SMILES string of the molecule is CCn1cc(CSC(=N)N=C(N)N)cn1. The van der Waals surface area contributed by atoms with Gasteiger partial charge in [0.15, 0.2) is 11.1 Å². The summed E-state index contributed by atoms with van der Waals surface area (Å²) < 4.78 is 1.83. The van der Waals surface area contributed by atoms with Crippen LogP contribution in [-0.4, -0.2) is 20.9 Å². The van der Waals surface area contributed by atoms with Crippen LogP contribution in [0.5, 0.6) is 0 Å². The molecule has 0 bridgehead atoms. The average molecular weight is 226 g/mol. The standard InChI is InChI=1S/C8H14N6S/c1-2-14-4-6(3-12-14)5-15-8(11)13-7(9)10/h3-4H,2,5H2,1H3,(H5,9,10,11,13). The van der Waals surface area contributed by atoms with Gasteiger partial charge in [-0.05, 0) is 6.92 Å². The number of hydrogen-bond acceptors (Lipinski definition) is 3. The molecule has 5 N–H and O–H groups in total. The average Bonchev–Trinajstić information content (AvgIpc) is 2.61. The summed E-state index contributed by atoms with van der Waals surface area (Å²) in [5.74, 6) is 0.562. The summed E-state index contributed by atoms with van der Waals surface area (Å²) in [5, 5.41) is 11.6. The minimum absolute atomic E-state index is 0.0863. The van der Waals surface area contributed by atoms with Crippen molar-refractivity contribution in [3.63, 3.8) is 0 Å². The van der Waals surface area contributed by atoms with E-state index in [9.17, 15) is 0 Å². The van der Waals surface area contributed by atoms with E-state index < -0.39 is 0 Å². The predicted molar refractivity (Wildman–Crippen MR) is 62.7 cm³/mol. The fourth-order valence-corrected chi connectivity index (χ4v) is 1.58. The molecule has 1 rings (SSSR count). The van der Waals surface area contributed by atoms with E-state index in [0.29, 0.717) is 5.75 Å². The van der Waals surface area contributed by atoms with Crippen molar-refractivity contribution in [2.24, 2.45) is 16.5 Å². The van der Waals surface area contributed by atoms with Gasteiger partial charge in [-0.1, -0.05) is 11.8 Å². The smallest absolute Gasteiger partial charge is 0.193 e. The summed E-state index contributed by atoms with van der Waals surface area (Å²) in [5.41, 5.74) is 11.3. The minimum atomic E-state index is -0.0863.